The molecule has 5 nitrogen and oxygen atoms in total. The van der Waals surface area contributed by atoms with Gasteiger partial charge in [0.05, 0.1) is 15.7 Å². The van der Waals surface area contributed by atoms with Crippen molar-refractivity contribution in [1.82, 2.24) is 0 Å². The number of benzene rings is 1. The molecule has 0 bridgehead atoms. The molecule has 1 rings (SSSR count). The van der Waals surface area contributed by atoms with Crippen LogP contribution in [0.25, 0.3) is 0 Å². The Morgan fingerprint density at radius 3 is 2.14 bits per heavy atom. The van der Waals surface area contributed by atoms with Crippen molar-refractivity contribution in [3.63, 3.8) is 0 Å². The van der Waals surface area contributed by atoms with E-state index < -0.39 is 10.1 Å². The molecule has 7 heteroatoms. The van der Waals surface area contributed by atoms with Gasteiger partial charge in [0.1, 0.15) is 0 Å². The second-order valence-electron chi connectivity index (χ2n) is 2.17. The van der Waals surface area contributed by atoms with E-state index in [9.17, 15) is 8.42 Å². The van der Waals surface area contributed by atoms with Crippen LogP contribution in [0.4, 0.5) is 5.69 Å². The zero-order valence-corrected chi connectivity index (χ0v) is 8.47. The van der Waals surface area contributed by atoms with Gasteiger partial charge < -0.3 is 5.48 Å². The summed E-state index contributed by atoms with van der Waals surface area (Å²) < 4.78 is 29.8. The van der Waals surface area contributed by atoms with Gasteiger partial charge in [0.2, 0.25) is 0 Å². The van der Waals surface area contributed by atoms with Gasteiger partial charge in [-0.1, -0.05) is 0 Å². The summed E-state index contributed by atoms with van der Waals surface area (Å²) in [4.78, 5) is 3.45. The van der Waals surface area contributed by atoms with Crippen LogP contribution >= 0.6 is 12.2 Å². The molecule has 0 fully saturated rings. The van der Waals surface area contributed by atoms with Gasteiger partial charge in [-0.3, -0.25) is 4.55 Å². The minimum atomic E-state index is -4.12. The summed E-state index contributed by atoms with van der Waals surface area (Å²) in [7, 11) is -4.12. The van der Waals surface area contributed by atoms with Crippen LogP contribution in [0.15, 0.2) is 34.2 Å². The fraction of sp³-hybridized carbons (Fsp3) is 0. The number of thiocarbonyl (C=S) groups is 1. The monoisotopic (exact) mass is 233 g/mol. The van der Waals surface area contributed by atoms with Gasteiger partial charge in [-0.05, 0) is 36.5 Å². The van der Waals surface area contributed by atoms with Gasteiger partial charge in [0.15, 0.2) is 0 Å². The molecule has 1 aromatic carbocycles. The van der Waals surface area contributed by atoms with Crippen LogP contribution in [0, 0.1) is 0 Å². The van der Waals surface area contributed by atoms with Gasteiger partial charge in [-0.25, -0.2) is 0 Å². The largest absolute Gasteiger partial charge is 0.412 e. The quantitative estimate of drug-likeness (QED) is 0.465. The molecule has 0 radical (unpaired) electrons. The molecule has 0 spiro atoms. The molecule has 0 atom stereocenters. The van der Waals surface area contributed by atoms with Crippen LogP contribution < -0.4 is 0 Å². The van der Waals surface area contributed by atoms with Gasteiger partial charge in [0.25, 0.3) is 10.1 Å². The third-order valence-corrected chi connectivity index (χ3v) is 2.27. The molecule has 0 aliphatic rings. The third-order valence-electron chi connectivity index (χ3n) is 1.31. The Kier molecular flexibility index (Phi) is 4.55. The second kappa shape index (κ2) is 4.94. The molecule has 76 valence electrons. The van der Waals surface area contributed by atoms with E-state index in [0.717, 1.165) is 0 Å². The van der Waals surface area contributed by atoms with Crippen molar-refractivity contribution in [1.29, 1.82) is 0 Å². The predicted molar refractivity (Wildman–Crippen MR) is 54.6 cm³/mol. The molecule has 14 heavy (non-hydrogen) atoms. The first-order valence-electron chi connectivity index (χ1n) is 3.19. The highest BCUT2D eigenvalue weighted by molar-refractivity contribution is 7.85. The van der Waals surface area contributed by atoms with E-state index in [2.05, 4.69) is 22.4 Å². The lowest BCUT2D eigenvalue weighted by atomic mass is 10.3. The number of hydrogen-bond donors (Lipinski definition) is 1. The number of rotatable bonds is 2. The molecular weight excluding hydrogens is 226 g/mol. The van der Waals surface area contributed by atoms with Crippen molar-refractivity contribution in [3.05, 3.63) is 24.3 Å². The highest BCUT2D eigenvalue weighted by Gasteiger charge is 2.07. The number of hydrogen-bond acceptors (Lipinski definition) is 4. The Labute approximate surface area is 86.2 Å². The van der Waals surface area contributed by atoms with E-state index in [0.29, 0.717) is 5.69 Å². The van der Waals surface area contributed by atoms with Crippen molar-refractivity contribution < 1.29 is 18.4 Å². The minimum Gasteiger partial charge on any atom is -0.412 e. The topological polar surface area (TPSA) is 98.2 Å². The van der Waals surface area contributed by atoms with Crippen LogP contribution in [0.3, 0.4) is 0 Å². The van der Waals surface area contributed by atoms with E-state index in [1.54, 1.807) is 0 Å². The first-order valence-corrected chi connectivity index (χ1v) is 5.04. The predicted octanol–water partition coefficient (Wildman–Crippen LogP) is 0.843. The Hall–Kier alpha value is -1.11. The van der Waals surface area contributed by atoms with Gasteiger partial charge in [-0.15, -0.1) is 0 Å². The maximum absolute atomic E-state index is 10.6. The Morgan fingerprint density at radius 2 is 1.79 bits per heavy atom. The highest BCUT2D eigenvalue weighted by atomic mass is 32.2. The molecule has 0 saturated heterocycles. The molecule has 0 amide bonds. The SMILES string of the molecule is O.O=S(=O)(O)c1ccc(N=C=S)cc1. The fourth-order valence-electron chi connectivity index (χ4n) is 0.745. The lowest BCUT2D eigenvalue weighted by molar-refractivity contribution is 0.483. The molecule has 0 saturated carbocycles. The van der Waals surface area contributed by atoms with E-state index in [1.165, 1.54) is 24.3 Å². The molecule has 0 aromatic heterocycles. The standard InChI is InChI=1S/C7H5NO3S2.H2O/c9-13(10,11)7-3-1-6(2-4-7)8-5-12;/h1-4H,(H,9,10,11);1H2. The lowest BCUT2D eigenvalue weighted by Gasteiger charge is -1.95. The van der Waals surface area contributed by atoms with Crippen LogP contribution in [0.2, 0.25) is 0 Å². The summed E-state index contributed by atoms with van der Waals surface area (Å²) in [6.07, 6.45) is 0. The maximum Gasteiger partial charge on any atom is 0.294 e. The summed E-state index contributed by atoms with van der Waals surface area (Å²) >= 11 is 4.36. The van der Waals surface area contributed by atoms with E-state index in [4.69, 9.17) is 4.55 Å². The zero-order chi connectivity index (χ0) is 9.90. The molecule has 0 aliphatic carbocycles. The van der Waals surface area contributed by atoms with E-state index >= 15 is 0 Å². The molecule has 1 aromatic rings. The maximum atomic E-state index is 10.6. The van der Waals surface area contributed by atoms with Crippen molar-refractivity contribution in [2.75, 3.05) is 0 Å². The van der Waals surface area contributed by atoms with Crippen LogP contribution in [-0.4, -0.2) is 23.6 Å². The fourth-order valence-corrected chi connectivity index (χ4v) is 1.33. The van der Waals surface area contributed by atoms with Crippen molar-refractivity contribution in [2.24, 2.45) is 4.99 Å². The van der Waals surface area contributed by atoms with Crippen molar-refractivity contribution >= 4 is 33.2 Å². The second-order valence-corrected chi connectivity index (χ2v) is 3.78. The summed E-state index contributed by atoms with van der Waals surface area (Å²) in [5, 5.41) is 2.14. The minimum absolute atomic E-state index is 0. The first kappa shape index (κ1) is 12.9. The average Bonchev–Trinajstić information content (AvgIpc) is 2.04. The molecule has 0 aliphatic heterocycles. The molecule has 0 heterocycles. The van der Waals surface area contributed by atoms with Crippen molar-refractivity contribution in [2.45, 2.75) is 4.90 Å². The zero-order valence-electron chi connectivity index (χ0n) is 6.84. The highest BCUT2D eigenvalue weighted by Crippen LogP contribution is 2.15. The van der Waals surface area contributed by atoms with Crippen LogP contribution in [-0.2, 0) is 10.1 Å². The Morgan fingerprint density at radius 1 is 1.29 bits per heavy atom. The molecule has 0 unspecified atom stereocenters. The number of isothiocyanates is 1. The Balaban J connectivity index is 0.00000169. The number of aliphatic imine (C=N–C) groups is 1. The summed E-state index contributed by atoms with van der Waals surface area (Å²) in [5.74, 6) is 0. The summed E-state index contributed by atoms with van der Waals surface area (Å²) in [6.45, 7) is 0. The van der Waals surface area contributed by atoms with Gasteiger partial charge in [0, 0.05) is 0 Å². The smallest absolute Gasteiger partial charge is 0.294 e. The van der Waals surface area contributed by atoms with Crippen LogP contribution in [0.1, 0.15) is 0 Å². The Bertz CT molecular complexity index is 445. The molecular formula is C7H7NO4S2. The summed E-state index contributed by atoms with van der Waals surface area (Å²) in [6, 6.07) is 5.31. The van der Waals surface area contributed by atoms with Gasteiger partial charge >= 0.3 is 0 Å². The summed E-state index contributed by atoms with van der Waals surface area (Å²) in [5.41, 5.74) is 0.488. The number of nitrogens with zero attached hydrogens (tertiary/aromatic N) is 1. The van der Waals surface area contributed by atoms with E-state index in [-0.39, 0.29) is 10.4 Å². The van der Waals surface area contributed by atoms with Crippen molar-refractivity contribution in [3.8, 4) is 0 Å². The first-order chi connectivity index (χ1) is 6.04. The molecule has 3 N–H and O–H groups in total. The average molecular weight is 233 g/mol. The normalized spacial score (nSPS) is 9.79. The van der Waals surface area contributed by atoms with E-state index in [1.807, 2.05) is 0 Å². The third kappa shape index (κ3) is 3.33. The van der Waals surface area contributed by atoms with Gasteiger partial charge in [-0.2, -0.15) is 13.4 Å². The lowest BCUT2D eigenvalue weighted by Crippen LogP contribution is -1.96. The van der Waals surface area contributed by atoms with Crippen LogP contribution in [0.5, 0.6) is 0 Å².